The summed E-state index contributed by atoms with van der Waals surface area (Å²) >= 11 is 0. The second-order valence-electron chi connectivity index (χ2n) is 5.99. The van der Waals surface area contributed by atoms with E-state index in [2.05, 4.69) is 15.4 Å². The van der Waals surface area contributed by atoms with E-state index in [0.29, 0.717) is 5.56 Å². The normalized spacial score (nSPS) is 10.8. The summed E-state index contributed by atoms with van der Waals surface area (Å²) in [5.74, 6) is -2.47. The Morgan fingerprint density at radius 2 is 1.70 bits per heavy atom. The molecule has 2 amide bonds. The molecule has 2 aromatic carbocycles. The summed E-state index contributed by atoms with van der Waals surface area (Å²) in [7, 11) is 1.08. The Kier molecular flexibility index (Phi) is 8.08. The van der Waals surface area contributed by atoms with Gasteiger partial charge in [0.15, 0.2) is 11.8 Å². The summed E-state index contributed by atoms with van der Waals surface area (Å²) in [6.45, 7) is -0.488. The van der Waals surface area contributed by atoms with Crippen molar-refractivity contribution in [3.8, 4) is 6.07 Å². The molecule has 0 saturated carbocycles. The third-order valence-electron chi connectivity index (χ3n) is 3.91. The van der Waals surface area contributed by atoms with Crippen molar-refractivity contribution in [1.82, 2.24) is 10.6 Å². The van der Waals surface area contributed by atoms with Crippen LogP contribution in [-0.2, 0) is 25.7 Å². The monoisotopic (exact) mass is 409 g/mol. The van der Waals surface area contributed by atoms with Crippen LogP contribution in [0.3, 0.4) is 0 Å². The summed E-state index contributed by atoms with van der Waals surface area (Å²) < 4.78 is 9.55. The Labute approximate surface area is 172 Å². The number of benzene rings is 2. The lowest BCUT2D eigenvalue weighted by Crippen LogP contribution is -2.50. The first-order chi connectivity index (χ1) is 14.4. The number of nitrogens with zero attached hydrogens (tertiary/aromatic N) is 1. The number of Topliss-reactive ketones (excluding diaryl/α,β-unsaturated/α-hetero) is 1. The maximum atomic E-state index is 12.6. The number of hydrogen-bond donors (Lipinski definition) is 2. The first-order valence-electron chi connectivity index (χ1n) is 8.80. The Balaban J connectivity index is 1.91. The van der Waals surface area contributed by atoms with Crippen molar-refractivity contribution in [2.45, 2.75) is 12.6 Å². The number of alkyl carbamates (subject to hydrolysis) is 1. The number of ether oxygens (including phenoxy) is 2. The first-order valence-corrected chi connectivity index (χ1v) is 8.80. The van der Waals surface area contributed by atoms with Crippen LogP contribution in [-0.4, -0.2) is 43.4 Å². The molecule has 0 fully saturated rings. The number of methoxy groups -OCH3 is 1. The Hall–Kier alpha value is -4.19. The molecule has 0 heterocycles. The first kappa shape index (κ1) is 22.1. The van der Waals surface area contributed by atoms with Crippen LogP contribution < -0.4 is 10.6 Å². The van der Waals surface area contributed by atoms with Gasteiger partial charge in [0.1, 0.15) is 13.2 Å². The number of hydrogen-bond acceptors (Lipinski definition) is 7. The molecule has 0 saturated heterocycles. The van der Waals surface area contributed by atoms with Crippen LogP contribution in [0.1, 0.15) is 21.5 Å². The minimum atomic E-state index is -1.60. The lowest BCUT2D eigenvalue weighted by molar-refractivity contribution is -0.143. The van der Waals surface area contributed by atoms with Crippen molar-refractivity contribution in [3.05, 3.63) is 71.3 Å². The van der Waals surface area contributed by atoms with E-state index in [9.17, 15) is 19.2 Å². The van der Waals surface area contributed by atoms with Crippen LogP contribution in [0.4, 0.5) is 4.79 Å². The van der Waals surface area contributed by atoms with Gasteiger partial charge < -0.3 is 20.1 Å². The SMILES string of the molecule is COC(=O)C(NC(=O)CNC(=O)OCc1ccccc1)C(=O)c1ccc(C#N)cc1. The summed E-state index contributed by atoms with van der Waals surface area (Å²) in [5.41, 5.74) is 1.22. The fraction of sp³-hybridized carbons (Fsp3) is 0.190. The third kappa shape index (κ3) is 6.45. The molecule has 2 N–H and O–H groups in total. The summed E-state index contributed by atoms with van der Waals surface area (Å²) in [5, 5.41) is 13.3. The van der Waals surface area contributed by atoms with Gasteiger partial charge in [-0.1, -0.05) is 30.3 Å². The number of carbonyl (C=O) groups excluding carboxylic acids is 4. The Morgan fingerprint density at radius 3 is 2.30 bits per heavy atom. The molecule has 0 aromatic heterocycles. The van der Waals surface area contributed by atoms with Gasteiger partial charge in [0.25, 0.3) is 0 Å². The van der Waals surface area contributed by atoms with Crippen molar-refractivity contribution in [1.29, 1.82) is 5.26 Å². The number of ketones is 1. The number of esters is 1. The molecule has 1 atom stereocenters. The predicted octanol–water partition coefficient (Wildman–Crippen LogP) is 1.33. The minimum Gasteiger partial charge on any atom is -0.467 e. The summed E-state index contributed by atoms with van der Waals surface area (Å²) in [6, 6.07) is 14.8. The Bertz CT molecular complexity index is 951. The van der Waals surface area contributed by atoms with E-state index in [1.165, 1.54) is 24.3 Å². The highest BCUT2D eigenvalue weighted by molar-refractivity contribution is 6.13. The van der Waals surface area contributed by atoms with Crippen molar-refractivity contribution in [3.63, 3.8) is 0 Å². The molecule has 9 nitrogen and oxygen atoms in total. The van der Waals surface area contributed by atoms with E-state index in [0.717, 1.165) is 12.7 Å². The highest BCUT2D eigenvalue weighted by atomic mass is 16.5. The van der Waals surface area contributed by atoms with Crippen LogP contribution in [0, 0.1) is 11.3 Å². The average Bonchev–Trinajstić information content (AvgIpc) is 2.79. The number of nitrogens with one attached hydrogen (secondary N) is 2. The molecule has 0 aliphatic rings. The van der Waals surface area contributed by atoms with E-state index in [1.807, 2.05) is 12.1 Å². The molecule has 9 heteroatoms. The van der Waals surface area contributed by atoms with Crippen molar-refractivity contribution in [2.24, 2.45) is 0 Å². The van der Waals surface area contributed by atoms with E-state index < -0.39 is 36.3 Å². The van der Waals surface area contributed by atoms with Crippen LogP contribution >= 0.6 is 0 Å². The van der Waals surface area contributed by atoms with E-state index in [1.54, 1.807) is 24.3 Å². The van der Waals surface area contributed by atoms with Gasteiger partial charge in [0.2, 0.25) is 5.91 Å². The Morgan fingerprint density at radius 1 is 1.03 bits per heavy atom. The average molecular weight is 409 g/mol. The fourth-order valence-electron chi connectivity index (χ4n) is 2.36. The summed E-state index contributed by atoms with van der Waals surface area (Å²) in [6.07, 6.45) is -0.831. The maximum absolute atomic E-state index is 12.6. The van der Waals surface area contributed by atoms with E-state index in [4.69, 9.17) is 10.00 Å². The van der Waals surface area contributed by atoms with E-state index >= 15 is 0 Å². The zero-order valence-electron chi connectivity index (χ0n) is 16.1. The highest BCUT2D eigenvalue weighted by Gasteiger charge is 2.30. The highest BCUT2D eigenvalue weighted by Crippen LogP contribution is 2.08. The second kappa shape index (κ2) is 11.0. The maximum Gasteiger partial charge on any atom is 0.407 e. The van der Waals surface area contributed by atoms with Gasteiger partial charge in [0, 0.05) is 5.56 Å². The third-order valence-corrected chi connectivity index (χ3v) is 3.91. The van der Waals surface area contributed by atoms with Gasteiger partial charge >= 0.3 is 12.1 Å². The quantitative estimate of drug-likeness (QED) is 0.381. The summed E-state index contributed by atoms with van der Waals surface area (Å²) in [4.78, 5) is 48.3. The number of nitriles is 1. The van der Waals surface area contributed by atoms with Crippen molar-refractivity contribution in [2.75, 3.05) is 13.7 Å². The van der Waals surface area contributed by atoms with E-state index in [-0.39, 0.29) is 12.2 Å². The number of amides is 2. The van der Waals surface area contributed by atoms with Crippen LogP contribution in [0.2, 0.25) is 0 Å². The predicted molar refractivity (Wildman–Crippen MR) is 104 cm³/mol. The molecule has 0 bridgehead atoms. The molecular weight excluding hydrogens is 390 g/mol. The number of rotatable bonds is 8. The lowest BCUT2D eigenvalue weighted by Gasteiger charge is -2.16. The molecule has 0 radical (unpaired) electrons. The van der Waals surface area contributed by atoms with Crippen LogP contribution in [0.15, 0.2) is 54.6 Å². The molecule has 30 heavy (non-hydrogen) atoms. The molecule has 1 unspecified atom stereocenters. The van der Waals surface area contributed by atoms with Gasteiger partial charge in [-0.3, -0.25) is 9.59 Å². The van der Waals surface area contributed by atoms with Crippen molar-refractivity contribution < 1.29 is 28.7 Å². The molecule has 0 aliphatic carbocycles. The zero-order chi connectivity index (χ0) is 21.9. The van der Waals surface area contributed by atoms with Gasteiger partial charge in [-0.25, -0.2) is 9.59 Å². The molecule has 154 valence electrons. The zero-order valence-corrected chi connectivity index (χ0v) is 16.1. The van der Waals surface area contributed by atoms with Crippen molar-refractivity contribution >= 4 is 23.8 Å². The van der Waals surface area contributed by atoms with Gasteiger partial charge in [-0.15, -0.1) is 0 Å². The van der Waals surface area contributed by atoms with Gasteiger partial charge in [-0.05, 0) is 29.8 Å². The fourth-order valence-corrected chi connectivity index (χ4v) is 2.36. The molecular formula is C21H19N3O6. The van der Waals surface area contributed by atoms with Crippen LogP contribution in [0.5, 0.6) is 0 Å². The second-order valence-corrected chi connectivity index (χ2v) is 5.99. The number of carbonyl (C=O) groups is 4. The molecule has 2 aromatic rings. The van der Waals surface area contributed by atoms with Crippen LogP contribution in [0.25, 0.3) is 0 Å². The minimum absolute atomic E-state index is 0.0241. The topological polar surface area (TPSA) is 135 Å². The van der Waals surface area contributed by atoms with Gasteiger partial charge in [-0.2, -0.15) is 5.26 Å². The standard InChI is InChI=1S/C21H19N3O6/c1-29-20(27)18(19(26)16-9-7-14(11-22)8-10-16)24-17(25)12-23-21(28)30-13-15-5-3-2-4-6-15/h2-10,18H,12-13H2,1H3,(H,23,28)(H,24,25). The smallest absolute Gasteiger partial charge is 0.407 e. The molecule has 0 spiro atoms. The largest absolute Gasteiger partial charge is 0.467 e. The molecule has 2 rings (SSSR count). The molecule has 0 aliphatic heterocycles. The van der Waals surface area contributed by atoms with Gasteiger partial charge in [0.05, 0.1) is 18.7 Å². The lowest BCUT2D eigenvalue weighted by atomic mass is 10.0.